The zero-order valence-corrected chi connectivity index (χ0v) is 25.7. The number of benzene rings is 1. The number of hydrogen-bond acceptors (Lipinski definition) is 7. The van der Waals surface area contributed by atoms with Crippen LogP contribution in [-0.2, 0) is 26.1 Å². The van der Waals surface area contributed by atoms with Crippen molar-refractivity contribution < 1.29 is 17.9 Å². The second-order valence-electron chi connectivity index (χ2n) is 13.2. The summed E-state index contributed by atoms with van der Waals surface area (Å²) in [6.45, 7) is 8.10. The third-order valence-electron chi connectivity index (χ3n) is 9.09. The van der Waals surface area contributed by atoms with Crippen LogP contribution in [0.3, 0.4) is 0 Å². The van der Waals surface area contributed by atoms with Crippen LogP contribution in [0.4, 0.5) is 11.5 Å². The first-order valence-corrected chi connectivity index (χ1v) is 16.6. The van der Waals surface area contributed by atoms with E-state index < -0.39 is 15.6 Å². The van der Waals surface area contributed by atoms with Gasteiger partial charge in [-0.3, -0.25) is 14.3 Å². The molecular weight excluding hydrogens is 554 g/mol. The van der Waals surface area contributed by atoms with E-state index in [1.807, 2.05) is 37.6 Å². The Balaban J connectivity index is 1.22. The predicted octanol–water partition coefficient (Wildman–Crippen LogP) is 5.62. The Morgan fingerprint density at radius 1 is 1.07 bits per heavy atom. The van der Waals surface area contributed by atoms with Crippen LogP contribution in [0, 0.1) is 11.8 Å². The minimum atomic E-state index is -3.65. The van der Waals surface area contributed by atoms with Gasteiger partial charge in [0.05, 0.1) is 22.4 Å². The molecule has 0 saturated heterocycles. The first kappa shape index (κ1) is 28.9. The Bertz CT molecular complexity index is 1660. The van der Waals surface area contributed by atoms with Crippen molar-refractivity contribution in [2.24, 2.45) is 11.8 Å². The Morgan fingerprint density at radius 3 is 2.52 bits per heavy atom. The standard InChI is InChI=1S/C31H41N5O5S/c1-19-7-5-6-8-24(19)36-25-15-16-32-29(37)27(25)28(34-36)33-22-11-14-26-21(17-22)18-35(42(26,39)40)23-12-9-20(10-13-23)30(38)41-31(2,3)4/h11,14-17,19-20,23-24H,5-10,12-13,18H2,1-4H3,(H,32,37)(H,33,34)/t19-,20-,23+,24-/m0/s1. The smallest absolute Gasteiger partial charge is 0.309 e. The number of nitrogens with zero attached hydrogens (tertiary/aromatic N) is 3. The molecule has 0 spiro atoms. The molecule has 3 aliphatic rings. The lowest BCUT2D eigenvalue weighted by Crippen LogP contribution is -2.40. The molecule has 0 unspecified atom stereocenters. The third kappa shape index (κ3) is 5.37. The van der Waals surface area contributed by atoms with Crippen molar-refractivity contribution in [2.45, 2.75) is 108 Å². The number of aromatic nitrogens is 3. The minimum absolute atomic E-state index is 0.159. The number of sulfonamides is 1. The number of rotatable bonds is 5. The average Bonchev–Trinajstić information content (AvgIpc) is 3.42. The number of aromatic amines is 1. The monoisotopic (exact) mass is 595 g/mol. The van der Waals surface area contributed by atoms with Gasteiger partial charge in [-0.25, -0.2) is 8.42 Å². The van der Waals surface area contributed by atoms with Crippen molar-refractivity contribution in [1.82, 2.24) is 19.1 Å². The van der Waals surface area contributed by atoms with E-state index in [9.17, 15) is 18.0 Å². The van der Waals surface area contributed by atoms with Crippen LogP contribution in [0.2, 0.25) is 0 Å². The van der Waals surface area contributed by atoms with Crippen LogP contribution < -0.4 is 10.9 Å². The molecule has 1 aromatic carbocycles. The Morgan fingerprint density at radius 2 is 1.81 bits per heavy atom. The predicted molar refractivity (Wildman–Crippen MR) is 161 cm³/mol. The van der Waals surface area contributed by atoms with Crippen molar-refractivity contribution in [3.05, 3.63) is 46.4 Å². The van der Waals surface area contributed by atoms with Crippen LogP contribution in [0.25, 0.3) is 10.9 Å². The lowest BCUT2D eigenvalue weighted by Gasteiger charge is -2.33. The zero-order chi connectivity index (χ0) is 29.8. The van der Waals surface area contributed by atoms with E-state index in [1.165, 1.54) is 6.42 Å². The Labute approximate surface area is 246 Å². The Kier molecular flexibility index (Phi) is 7.45. The molecule has 226 valence electrons. The highest BCUT2D eigenvalue weighted by molar-refractivity contribution is 7.89. The fourth-order valence-corrected chi connectivity index (χ4v) is 8.82. The second kappa shape index (κ2) is 10.8. The van der Waals surface area contributed by atoms with Crippen molar-refractivity contribution in [2.75, 3.05) is 5.32 Å². The van der Waals surface area contributed by atoms with Gasteiger partial charge in [0.1, 0.15) is 11.0 Å². The molecule has 2 N–H and O–H groups in total. The summed E-state index contributed by atoms with van der Waals surface area (Å²) >= 11 is 0. The molecule has 0 amide bonds. The summed E-state index contributed by atoms with van der Waals surface area (Å²) in [5.41, 5.74) is 1.46. The average molecular weight is 596 g/mol. The van der Waals surface area contributed by atoms with E-state index in [1.54, 1.807) is 22.6 Å². The van der Waals surface area contributed by atoms with Crippen molar-refractivity contribution in [1.29, 1.82) is 0 Å². The molecule has 0 radical (unpaired) electrons. The molecule has 2 aromatic heterocycles. The number of pyridine rings is 1. The molecule has 2 aliphatic carbocycles. The molecule has 6 rings (SSSR count). The number of ether oxygens (including phenoxy) is 1. The van der Waals surface area contributed by atoms with E-state index in [0.29, 0.717) is 59.0 Å². The van der Waals surface area contributed by atoms with Gasteiger partial charge in [0.25, 0.3) is 5.56 Å². The molecule has 10 nitrogen and oxygen atoms in total. The lowest BCUT2D eigenvalue weighted by atomic mass is 9.86. The summed E-state index contributed by atoms with van der Waals surface area (Å²) in [4.78, 5) is 28.6. The number of hydrogen-bond donors (Lipinski definition) is 2. The van der Waals surface area contributed by atoms with Crippen molar-refractivity contribution >= 4 is 38.4 Å². The van der Waals surface area contributed by atoms with E-state index in [4.69, 9.17) is 9.84 Å². The number of esters is 1. The van der Waals surface area contributed by atoms with Gasteiger partial charge in [-0.1, -0.05) is 19.8 Å². The van der Waals surface area contributed by atoms with Gasteiger partial charge in [0.15, 0.2) is 5.82 Å². The van der Waals surface area contributed by atoms with Gasteiger partial charge in [-0.2, -0.15) is 9.40 Å². The largest absolute Gasteiger partial charge is 0.460 e. The van der Waals surface area contributed by atoms with E-state index >= 15 is 0 Å². The summed E-state index contributed by atoms with van der Waals surface area (Å²) in [5, 5.41) is 8.73. The topological polar surface area (TPSA) is 126 Å². The molecule has 11 heteroatoms. The molecular formula is C31H41N5O5S. The third-order valence-corrected chi connectivity index (χ3v) is 11.1. The molecule has 1 aliphatic heterocycles. The van der Waals surface area contributed by atoms with Crippen LogP contribution in [0.5, 0.6) is 0 Å². The maximum atomic E-state index is 13.5. The van der Waals surface area contributed by atoms with E-state index in [0.717, 1.165) is 24.8 Å². The normalized spacial score (nSPS) is 26.2. The molecule has 3 heterocycles. The Hall–Kier alpha value is -3.18. The SMILES string of the molecule is C[C@H]1CCCC[C@@H]1n1nc(Nc2ccc3c(c2)CN([C@H]2CC[C@@H](C(=O)OC(C)(C)C)CC2)S3(=O)=O)c2c(=O)[nH]ccc21. The van der Waals surface area contributed by atoms with Crippen molar-refractivity contribution in [3.8, 4) is 0 Å². The summed E-state index contributed by atoms with van der Waals surface area (Å²) in [7, 11) is -3.65. The van der Waals surface area contributed by atoms with Gasteiger partial charge < -0.3 is 15.0 Å². The minimum Gasteiger partial charge on any atom is -0.460 e. The highest BCUT2D eigenvalue weighted by atomic mass is 32.2. The first-order valence-electron chi connectivity index (χ1n) is 15.2. The van der Waals surface area contributed by atoms with Gasteiger partial charge in [-0.05, 0) is 95.0 Å². The first-order chi connectivity index (χ1) is 19.9. The van der Waals surface area contributed by atoms with Crippen LogP contribution in [-0.4, -0.2) is 45.1 Å². The van der Waals surface area contributed by atoms with Gasteiger partial charge >= 0.3 is 5.97 Å². The van der Waals surface area contributed by atoms with Gasteiger partial charge in [0.2, 0.25) is 10.0 Å². The molecule has 42 heavy (non-hydrogen) atoms. The quantitative estimate of drug-likeness (QED) is 0.367. The fraction of sp³-hybridized carbons (Fsp3) is 0.581. The highest BCUT2D eigenvalue weighted by Gasteiger charge is 2.42. The van der Waals surface area contributed by atoms with Crippen LogP contribution in [0.1, 0.15) is 90.7 Å². The van der Waals surface area contributed by atoms with Gasteiger partial charge in [0, 0.05) is 24.5 Å². The second-order valence-corrected chi connectivity index (χ2v) is 15.1. The zero-order valence-electron chi connectivity index (χ0n) is 24.9. The maximum Gasteiger partial charge on any atom is 0.309 e. The van der Waals surface area contributed by atoms with E-state index in [2.05, 4.69) is 17.2 Å². The highest BCUT2D eigenvalue weighted by Crippen LogP contribution is 2.40. The van der Waals surface area contributed by atoms with Crippen molar-refractivity contribution in [3.63, 3.8) is 0 Å². The molecule has 2 atom stereocenters. The molecule has 3 aromatic rings. The summed E-state index contributed by atoms with van der Waals surface area (Å²) < 4.78 is 36.2. The number of fused-ring (bicyclic) bond motifs is 2. The summed E-state index contributed by atoms with van der Waals surface area (Å²) in [5.74, 6) is 0.543. The summed E-state index contributed by atoms with van der Waals surface area (Å²) in [6.07, 6.45) is 8.63. The van der Waals surface area contributed by atoms with E-state index in [-0.39, 0.29) is 36.1 Å². The number of anilines is 2. The number of nitrogens with one attached hydrogen (secondary N) is 2. The van der Waals surface area contributed by atoms with Gasteiger partial charge in [-0.15, -0.1) is 0 Å². The fourth-order valence-electron chi connectivity index (χ4n) is 6.96. The van der Waals surface area contributed by atoms with Crippen LogP contribution in [0.15, 0.2) is 40.2 Å². The van der Waals surface area contributed by atoms with Crippen LogP contribution >= 0.6 is 0 Å². The number of H-pyrrole nitrogens is 1. The molecule has 0 bridgehead atoms. The lowest BCUT2D eigenvalue weighted by molar-refractivity contribution is -0.161. The molecule has 2 fully saturated rings. The maximum absolute atomic E-state index is 13.5. The summed E-state index contributed by atoms with van der Waals surface area (Å²) in [6, 6.07) is 7.21. The number of carbonyl (C=O) groups is 1. The molecule has 2 saturated carbocycles. The number of carbonyl (C=O) groups excluding carboxylic acids is 1.